The van der Waals surface area contributed by atoms with Crippen molar-refractivity contribution in [1.82, 2.24) is 4.90 Å². The minimum atomic E-state index is -1.39. The summed E-state index contributed by atoms with van der Waals surface area (Å²) in [6, 6.07) is 15.0. The van der Waals surface area contributed by atoms with E-state index in [1.54, 1.807) is 0 Å². The number of benzene rings is 2. The fourth-order valence-corrected chi connectivity index (χ4v) is 5.50. The molecule has 5 nitrogen and oxygen atoms in total. The Labute approximate surface area is 205 Å². The van der Waals surface area contributed by atoms with Crippen LogP contribution in [-0.2, 0) is 9.59 Å². The minimum Gasteiger partial charge on any atom is -0.383 e. The Morgan fingerprint density at radius 3 is 2.30 bits per heavy atom. The SMILES string of the molecule is CCC(CC)N1C(=O)[C@](C)(C[C@@H](O)C(N)=O)C[C@H](c2cccc(Cl)c2)[C@H]1c1ccc(Cl)cc1. The van der Waals surface area contributed by atoms with Crippen molar-refractivity contribution in [2.24, 2.45) is 11.1 Å². The second-order valence-electron chi connectivity index (χ2n) is 9.23. The molecule has 2 aromatic rings. The molecule has 0 unspecified atom stereocenters. The van der Waals surface area contributed by atoms with Crippen LogP contribution in [0.15, 0.2) is 48.5 Å². The Morgan fingerprint density at radius 2 is 1.76 bits per heavy atom. The summed E-state index contributed by atoms with van der Waals surface area (Å²) >= 11 is 12.5. The molecule has 7 heteroatoms. The van der Waals surface area contributed by atoms with Crippen molar-refractivity contribution in [2.45, 2.75) is 70.6 Å². The number of nitrogens with zero attached hydrogens (tertiary/aromatic N) is 1. The summed E-state index contributed by atoms with van der Waals surface area (Å²) in [6.07, 6.45) is 0.587. The maximum absolute atomic E-state index is 14.1. The number of nitrogens with two attached hydrogens (primary N) is 1. The van der Waals surface area contributed by atoms with Crippen molar-refractivity contribution in [3.05, 3.63) is 69.7 Å². The molecule has 0 aromatic heterocycles. The van der Waals surface area contributed by atoms with Gasteiger partial charge in [-0.15, -0.1) is 0 Å². The highest BCUT2D eigenvalue weighted by atomic mass is 35.5. The van der Waals surface area contributed by atoms with Gasteiger partial charge in [-0.1, -0.05) is 68.2 Å². The average Bonchev–Trinajstić information content (AvgIpc) is 2.78. The lowest BCUT2D eigenvalue weighted by Gasteiger charge is -2.52. The Bertz CT molecular complexity index is 993. The number of rotatable bonds is 8. The Kier molecular flexibility index (Phi) is 8.09. The highest BCUT2D eigenvalue weighted by molar-refractivity contribution is 6.30. The van der Waals surface area contributed by atoms with E-state index in [0.717, 1.165) is 24.0 Å². The van der Waals surface area contributed by atoms with Crippen LogP contribution in [-0.4, -0.2) is 34.0 Å². The Balaban J connectivity index is 2.20. The third-order valence-corrected chi connectivity index (χ3v) is 7.39. The number of primary amides is 1. The van der Waals surface area contributed by atoms with Crippen molar-refractivity contribution in [1.29, 1.82) is 0 Å². The van der Waals surface area contributed by atoms with Crippen LogP contribution in [0.1, 0.15) is 69.5 Å². The van der Waals surface area contributed by atoms with Crippen molar-refractivity contribution in [2.75, 3.05) is 0 Å². The number of hydrogen-bond donors (Lipinski definition) is 2. The number of aliphatic hydroxyl groups is 1. The molecule has 0 aliphatic carbocycles. The Hall–Kier alpha value is -2.08. The number of carbonyl (C=O) groups is 2. The molecular weight excluding hydrogens is 459 g/mol. The van der Waals surface area contributed by atoms with E-state index in [9.17, 15) is 14.7 Å². The van der Waals surface area contributed by atoms with Gasteiger partial charge in [-0.2, -0.15) is 0 Å². The van der Waals surface area contributed by atoms with E-state index in [0.29, 0.717) is 16.5 Å². The molecule has 2 amide bonds. The zero-order chi connectivity index (χ0) is 24.3. The van der Waals surface area contributed by atoms with E-state index < -0.39 is 17.4 Å². The molecule has 2 aromatic carbocycles. The van der Waals surface area contributed by atoms with E-state index >= 15 is 0 Å². The predicted octanol–water partition coefficient (Wildman–Crippen LogP) is 5.48. The van der Waals surface area contributed by atoms with E-state index in [-0.39, 0.29) is 30.3 Å². The van der Waals surface area contributed by atoms with Crippen LogP contribution >= 0.6 is 23.2 Å². The monoisotopic (exact) mass is 490 g/mol. The van der Waals surface area contributed by atoms with Crippen LogP contribution in [0.25, 0.3) is 0 Å². The summed E-state index contributed by atoms with van der Waals surface area (Å²) < 4.78 is 0. The molecule has 1 aliphatic rings. The summed E-state index contributed by atoms with van der Waals surface area (Å²) in [5.74, 6) is -1.000. The third kappa shape index (κ3) is 5.37. The van der Waals surface area contributed by atoms with E-state index in [1.165, 1.54) is 0 Å². The largest absolute Gasteiger partial charge is 0.383 e. The molecule has 0 bridgehead atoms. The van der Waals surface area contributed by atoms with Crippen LogP contribution in [0.3, 0.4) is 0 Å². The van der Waals surface area contributed by atoms with Gasteiger partial charge >= 0.3 is 0 Å². The van der Waals surface area contributed by atoms with Gasteiger partial charge in [0.05, 0.1) is 11.5 Å². The normalized spacial score (nSPS) is 24.2. The van der Waals surface area contributed by atoms with Gasteiger partial charge in [-0.05, 0) is 61.1 Å². The molecule has 0 spiro atoms. The van der Waals surface area contributed by atoms with Gasteiger partial charge in [0.15, 0.2) is 0 Å². The molecular formula is C26H32Cl2N2O3. The highest BCUT2D eigenvalue weighted by Gasteiger charge is 2.52. The molecule has 0 saturated carbocycles. The molecule has 3 rings (SSSR count). The second kappa shape index (κ2) is 10.5. The standard InChI is InChI=1S/C26H32Cl2N2O3/c1-4-20(5-2)30-23(16-9-11-18(27)12-10-16)21(17-7-6-8-19(28)13-17)14-26(3,25(30)33)15-22(31)24(29)32/h6-13,20-23,31H,4-5,14-15H2,1-3H3,(H2,29,32)/t21-,22-,23-,26+/m1/s1. The predicted molar refractivity (Wildman–Crippen MR) is 132 cm³/mol. The van der Waals surface area contributed by atoms with Crippen molar-refractivity contribution >= 4 is 35.0 Å². The maximum Gasteiger partial charge on any atom is 0.246 e. The van der Waals surface area contributed by atoms with E-state index in [1.807, 2.05) is 60.4 Å². The number of hydrogen-bond acceptors (Lipinski definition) is 3. The summed E-state index contributed by atoms with van der Waals surface area (Å²) in [5, 5.41) is 11.6. The number of halogens is 2. The first kappa shape index (κ1) is 25.5. The average molecular weight is 491 g/mol. The maximum atomic E-state index is 14.1. The van der Waals surface area contributed by atoms with Crippen LogP contribution in [0.2, 0.25) is 10.0 Å². The first-order valence-electron chi connectivity index (χ1n) is 11.4. The van der Waals surface area contributed by atoms with E-state index in [2.05, 4.69) is 13.8 Å². The van der Waals surface area contributed by atoms with Gasteiger partial charge in [-0.25, -0.2) is 0 Å². The first-order chi connectivity index (χ1) is 15.6. The molecule has 4 atom stereocenters. The summed E-state index contributed by atoms with van der Waals surface area (Å²) in [5.41, 5.74) is 6.39. The quantitative estimate of drug-likeness (QED) is 0.513. The molecule has 0 radical (unpaired) electrons. The number of carbonyl (C=O) groups excluding carboxylic acids is 2. The van der Waals surface area contributed by atoms with Crippen LogP contribution in [0, 0.1) is 5.41 Å². The third-order valence-electron chi connectivity index (χ3n) is 6.90. The Morgan fingerprint density at radius 1 is 1.12 bits per heavy atom. The second-order valence-corrected chi connectivity index (χ2v) is 10.1. The fraction of sp³-hybridized carbons (Fsp3) is 0.462. The van der Waals surface area contributed by atoms with Gasteiger partial charge in [-0.3, -0.25) is 9.59 Å². The smallest absolute Gasteiger partial charge is 0.246 e. The minimum absolute atomic E-state index is 0.00907. The lowest BCUT2D eigenvalue weighted by Crippen LogP contribution is -2.56. The zero-order valence-corrected chi connectivity index (χ0v) is 20.8. The summed E-state index contributed by atoms with van der Waals surface area (Å²) in [7, 11) is 0. The van der Waals surface area contributed by atoms with Gasteiger partial charge in [0.25, 0.3) is 0 Å². The summed E-state index contributed by atoms with van der Waals surface area (Å²) in [6.45, 7) is 5.96. The zero-order valence-electron chi connectivity index (χ0n) is 19.3. The van der Waals surface area contributed by atoms with Crippen molar-refractivity contribution in [3.63, 3.8) is 0 Å². The molecule has 1 fully saturated rings. The number of aliphatic hydroxyl groups excluding tert-OH is 1. The van der Waals surface area contributed by atoms with Gasteiger partial charge in [0, 0.05) is 22.0 Å². The molecule has 1 saturated heterocycles. The van der Waals surface area contributed by atoms with Crippen molar-refractivity contribution in [3.8, 4) is 0 Å². The molecule has 1 aliphatic heterocycles. The van der Waals surface area contributed by atoms with Crippen molar-refractivity contribution < 1.29 is 14.7 Å². The lowest BCUT2D eigenvalue weighted by molar-refractivity contribution is -0.158. The van der Waals surface area contributed by atoms with Gasteiger partial charge in [0.1, 0.15) is 6.10 Å². The van der Waals surface area contributed by atoms with Crippen LogP contribution < -0.4 is 5.73 Å². The molecule has 1 heterocycles. The summed E-state index contributed by atoms with van der Waals surface area (Å²) in [4.78, 5) is 27.7. The van der Waals surface area contributed by atoms with E-state index in [4.69, 9.17) is 28.9 Å². The lowest BCUT2D eigenvalue weighted by atomic mass is 9.66. The molecule has 3 N–H and O–H groups in total. The topological polar surface area (TPSA) is 83.6 Å². The fourth-order valence-electron chi connectivity index (χ4n) is 5.18. The molecule has 178 valence electrons. The van der Waals surface area contributed by atoms with Gasteiger partial charge < -0.3 is 15.7 Å². The van der Waals surface area contributed by atoms with Crippen LogP contribution in [0.5, 0.6) is 0 Å². The molecule has 33 heavy (non-hydrogen) atoms. The number of piperidine rings is 1. The number of amides is 2. The first-order valence-corrected chi connectivity index (χ1v) is 12.2. The highest BCUT2D eigenvalue weighted by Crippen LogP contribution is 2.52. The number of likely N-dealkylation sites (tertiary alicyclic amines) is 1. The van der Waals surface area contributed by atoms with Gasteiger partial charge in [0.2, 0.25) is 11.8 Å². The van der Waals surface area contributed by atoms with Crippen LogP contribution in [0.4, 0.5) is 0 Å².